The van der Waals surface area contributed by atoms with Gasteiger partial charge in [0.25, 0.3) is 0 Å². The summed E-state index contributed by atoms with van der Waals surface area (Å²) in [6, 6.07) is 0. The zero-order valence-corrected chi connectivity index (χ0v) is 6.10. The van der Waals surface area contributed by atoms with Crippen molar-refractivity contribution in [1.82, 2.24) is 0 Å². The molecule has 1 fully saturated rings. The van der Waals surface area contributed by atoms with E-state index in [1.807, 2.05) is 0 Å². The van der Waals surface area contributed by atoms with Gasteiger partial charge >= 0.3 is 5.97 Å². The molecule has 0 spiro atoms. The number of aliphatic hydroxyl groups excluding tert-OH is 2. The van der Waals surface area contributed by atoms with Crippen molar-refractivity contribution >= 4 is 5.97 Å². The van der Waals surface area contributed by atoms with E-state index in [1.165, 1.54) is 0 Å². The lowest BCUT2D eigenvalue weighted by molar-refractivity contribution is -0.146. The van der Waals surface area contributed by atoms with Gasteiger partial charge in [-0.05, 0) is 19.3 Å². The van der Waals surface area contributed by atoms with Crippen molar-refractivity contribution in [2.24, 2.45) is 5.92 Å². The molecule has 4 nitrogen and oxygen atoms in total. The molecule has 0 aromatic heterocycles. The van der Waals surface area contributed by atoms with Crippen molar-refractivity contribution in [3.63, 3.8) is 0 Å². The number of aliphatic hydroxyl groups is 2. The van der Waals surface area contributed by atoms with E-state index in [2.05, 4.69) is 0 Å². The topological polar surface area (TPSA) is 77.8 Å². The van der Waals surface area contributed by atoms with E-state index in [0.29, 0.717) is 12.8 Å². The molecule has 0 amide bonds. The highest BCUT2D eigenvalue weighted by molar-refractivity contribution is 5.70. The molecular weight excluding hydrogens is 148 g/mol. The van der Waals surface area contributed by atoms with Crippen molar-refractivity contribution in [3.05, 3.63) is 0 Å². The average molecular weight is 160 g/mol. The summed E-state index contributed by atoms with van der Waals surface area (Å²) in [6.07, 6.45) is -0.558. The lowest BCUT2D eigenvalue weighted by Crippen LogP contribution is -2.36. The Morgan fingerprint density at radius 3 is 2.27 bits per heavy atom. The molecule has 1 saturated carbocycles. The van der Waals surface area contributed by atoms with Crippen LogP contribution in [0.2, 0.25) is 0 Å². The van der Waals surface area contributed by atoms with Crippen molar-refractivity contribution < 1.29 is 20.1 Å². The van der Waals surface area contributed by atoms with Gasteiger partial charge in [0.05, 0.1) is 18.1 Å². The number of hydrogen-bond donors (Lipinski definition) is 3. The quantitative estimate of drug-likeness (QED) is 0.487. The van der Waals surface area contributed by atoms with Crippen LogP contribution >= 0.6 is 0 Å². The van der Waals surface area contributed by atoms with Gasteiger partial charge in [-0.25, -0.2) is 0 Å². The highest BCUT2D eigenvalue weighted by Crippen LogP contribution is 2.24. The summed E-state index contributed by atoms with van der Waals surface area (Å²) in [5, 5.41) is 26.7. The van der Waals surface area contributed by atoms with E-state index in [9.17, 15) is 4.79 Å². The smallest absolute Gasteiger partial charge is 0.306 e. The molecule has 0 aromatic rings. The van der Waals surface area contributed by atoms with Crippen molar-refractivity contribution in [1.29, 1.82) is 0 Å². The Balaban J connectivity index is 2.46. The van der Waals surface area contributed by atoms with Gasteiger partial charge in [0.15, 0.2) is 0 Å². The number of rotatable bonds is 1. The normalized spacial score (nSPS) is 38.5. The molecule has 0 radical (unpaired) electrons. The Morgan fingerprint density at radius 1 is 1.18 bits per heavy atom. The molecule has 0 aliphatic heterocycles. The average Bonchev–Trinajstić information content (AvgIpc) is 1.94. The first-order valence-electron chi connectivity index (χ1n) is 3.70. The molecule has 1 aliphatic rings. The van der Waals surface area contributed by atoms with Gasteiger partial charge in [-0.1, -0.05) is 0 Å². The van der Waals surface area contributed by atoms with Crippen molar-refractivity contribution in [2.75, 3.05) is 0 Å². The summed E-state index contributed by atoms with van der Waals surface area (Å²) in [7, 11) is 0. The third kappa shape index (κ3) is 1.91. The Labute approximate surface area is 64.5 Å². The number of hydrogen-bond acceptors (Lipinski definition) is 3. The minimum absolute atomic E-state index is 0.177. The molecule has 3 atom stereocenters. The standard InChI is InChI=1S/C7H12O4/c8-5-2-1-4(7(10)11)3-6(5)9/h4-6,8-9H,1-3H2,(H,10,11)/t4-,5-,6-/m1/s1. The van der Waals surface area contributed by atoms with Gasteiger partial charge in [0, 0.05) is 0 Å². The van der Waals surface area contributed by atoms with Crippen LogP contribution in [-0.2, 0) is 4.79 Å². The molecule has 0 unspecified atom stereocenters. The largest absolute Gasteiger partial charge is 0.481 e. The third-order valence-corrected chi connectivity index (χ3v) is 2.13. The Bertz CT molecular complexity index is 157. The van der Waals surface area contributed by atoms with E-state index in [4.69, 9.17) is 15.3 Å². The van der Waals surface area contributed by atoms with Gasteiger partial charge in [-0.2, -0.15) is 0 Å². The number of aliphatic carboxylic acids is 1. The second-order valence-electron chi connectivity index (χ2n) is 2.98. The Morgan fingerprint density at radius 2 is 1.82 bits per heavy atom. The zero-order chi connectivity index (χ0) is 8.43. The monoisotopic (exact) mass is 160 g/mol. The van der Waals surface area contributed by atoms with Crippen LogP contribution in [-0.4, -0.2) is 33.5 Å². The van der Waals surface area contributed by atoms with E-state index in [0.717, 1.165) is 0 Å². The predicted octanol–water partition coefficient (Wildman–Crippen LogP) is -0.407. The summed E-state index contributed by atoms with van der Waals surface area (Å²) in [4.78, 5) is 10.4. The van der Waals surface area contributed by atoms with Gasteiger partial charge in [-0.15, -0.1) is 0 Å². The SMILES string of the molecule is O=C(O)[C@@H]1CC[C@@H](O)[C@H](O)C1. The lowest BCUT2D eigenvalue weighted by Gasteiger charge is -2.27. The summed E-state index contributed by atoms with van der Waals surface area (Å²) < 4.78 is 0. The third-order valence-electron chi connectivity index (χ3n) is 2.13. The Kier molecular flexibility index (Phi) is 2.46. The minimum Gasteiger partial charge on any atom is -0.481 e. The molecule has 1 rings (SSSR count). The van der Waals surface area contributed by atoms with E-state index >= 15 is 0 Å². The maximum Gasteiger partial charge on any atom is 0.306 e. The first-order chi connectivity index (χ1) is 5.11. The molecular formula is C7H12O4. The number of carboxylic acids is 1. The highest BCUT2D eigenvalue weighted by Gasteiger charge is 2.31. The van der Waals surface area contributed by atoms with Gasteiger partial charge in [-0.3, -0.25) is 4.79 Å². The van der Waals surface area contributed by atoms with Crippen LogP contribution in [0.15, 0.2) is 0 Å². The van der Waals surface area contributed by atoms with Crippen LogP contribution in [0.1, 0.15) is 19.3 Å². The van der Waals surface area contributed by atoms with Gasteiger partial charge < -0.3 is 15.3 Å². The van der Waals surface area contributed by atoms with Crippen LogP contribution in [0.25, 0.3) is 0 Å². The maximum absolute atomic E-state index is 10.4. The number of carbonyl (C=O) groups is 1. The maximum atomic E-state index is 10.4. The fraction of sp³-hybridized carbons (Fsp3) is 0.857. The second-order valence-corrected chi connectivity index (χ2v) is 2.98. The number of carboxylic acid groups (broad SMARTS) is 1. The van der Waals surface area contributed by atoms with E-state index in [1.54, 1.807) is 0 Å². The summed E-state index contributed by atoms with van der Waals surface area (Å²) in [6.45, 7) is 0. The lowest BCUT2D eigenvalue weighted by atomic mass is 9.85. The van der Waals surface area contributed by atoms with Gasteiger partial charge in [0.1, 0.15) is 0 Å². The molecule has 0 aromatic carbocycles. The fourth-order valence-corrected chi connectivity index (χ4v) is 1.36. The molecule has 1 aliphatic carbocycles. The van der Waals surface area contributed by atoms with Crippen molar-refractivity contribution in [3.8, 4) is 0 Å². The van der Waals surface area contributed by atoms with Gasteiger partial charge in [0.2, 0.25) is 0 Å². The van der Waals surface area contributed by atoms with E-state index < -0.39 is 24.1 Å². The highest BCUT2D eigenvalue weighted by atomic mass is 16.4. The van der Waals surface area contributed by atoms with Crippen LogP contribution in [0.5, 0.6) is 0 Å². The molecule has 4 heteroatoms. The van der Waals surface area contributed by atoms with Crippen LogP contribution < -0.4 is 0 Å². The first-order valence-corrected chi connectivity index (χ1v) is 3.70. The molecule has 3 N–H and O–H groups in total. The molecule has 0 heterocycles. The zero-order valence-electron chi connectivity index (χ0n) is 6.10. The molecule has 64 valence electrons. The second kappa shape index (κ2) is 3.19. The van der Waals surface area contributed by atoms with Crippen LogP contribution in [0.4, 0.5) is 0 Å². The molecule has 0 saturated heterocycles. The summed E-state index contributed by atoms with van der Waals surface area (Å²) in [5.74, 6) is -1.36. The molecule has 0 bridgehead atoms. The van der Waals surface area contributed by atoms with Crippen LogP contribution in [0, 0.1) is 5.92 Å². The Hall–Kier alpha value is -0.610. The minimum atomic E-state index is -0.879. The van der Waals surface area contributed by atoms with E-state index in [-0.39, 0.29) is 6.42 Å². The molecule has 11 heavy (non-hydrogen) atoms. The fourth-order valence-electron chi connectivity index (χ4n) is 1.36. The van der Waals surface area contributed by atoms with Crippen molar-refractivity contribution in [2.45, 2.75) is 31.5 Å². The first kappa shape index (κ1) is 8.49. The summed E-state index contributed by atoms with van der Waals surface area (Å²) >= 11 is 0. The summed E-state index contributed by atoms with van der Waals surface area (Å²) in [5.41, 5.74) is 0. The predicted molar refractivity (Wildman–Crippen MR) is 37.0 cm³/mol. The van der Waals surface area contributed by atoms with Crippen LogP contribution in [0.3, 0.4) is 0 Å².